The first-order valence-corrected chi connectivity index (χ1v) is 7.52. The number of hydrogen-bond acceptors (Lipinski definition) is 3. The molecule has 0 aromatic rings. The van der Waals surface area contributed by atoms with Gasteiger partial charge in [0.2, 0.25) is 5.91 Å². The van der Waals surface area contributed by atoms with E-state index in [4.69, 9.17) is 0 Å². The Kier molecular flexibility index (Phi) is 5.45. The van der Waals surface area contributed by atoms with E-state index in [1.54, 1.807) is 0 Å². The Balaban J connectivity index is 1.79. The Morgan fingerprint density at radius 3 is 2.39 bits per heavy atom. The molecule has 0 aliphatic carbocycles. The van der Waals surface area contributed by atoms with Crippen LogP contribution in [0.2, 0.25) is 0 Å². The number of hydrogen-bond donors (Lipinski definition) is 2. The SMILES string of the molecule is CC(C(=O)NC1CCNCC1)N1CCCCCC1. The van der Waals surface area contributed by atoms with Crippen molar-refractivity contribution in [3.8, 4) is 0 Å². The number of nitrogens with zero attached hydrogens (tertiary/aromatic N) is 1. The van der Waals surface area contributed by atoms with Crippen molar-refractivity contribution < 1.29 is 4.79 Å². The van der Waals surface area contributed by atoms with Crippen molar-refractivity contribution in [2.45, 2.75) is 57.5 Å². The summed E-state index contributed by atoms with van der Waals surface area (Å²) in [5.74, 6) is 0.226. The van der Waals surface area contributed by atoms with Crippen molar-refractivity contribution in [3.05, 3.63) is 0 Å². The molecule has 2 saturated heterocycles. The van der Waals surface area contributed by atoms with Gasteiger partial charge < -0.3 is 10.6 Å². The number of rotatable bonds is 3. The zero-order valence-electron chi connectivity index (χ0n) is 11.6. The minimum Gasteiger partial charge on any atom is -0.352 e. The fourth-order valence-corrected chi connectivity index (χ4v) is 2.94. The summed E-state index contributed by atoms with van der Waals surface area (Å²) in [4.78, 5) is 14.6. The van der Waals surface area contributed by atoms with E-state index in [1.165, 1.54) is 25.7 Å². The van der Waals surface area contributed by atoms with E-state index in [9.17, 15) is 4.79 Å². The topological polar surface area (TPSA) is 44.4 Å². The fourth-order valence-electron chi connectivity index (χ4n) is 2.94. The summed E-state index contributed by atoms with van der Waals surface area (Å²) >= 11 is 0. The Bertz CT molecular complexity index is 256. The van der Waals surface area contributed by atoms with E-state index >= 15 is 0 Å². The zero-order valence-corrected chi connectivity index (χ0v) is 11.6. The maximum atomic E-state index is 12.2. The van der Waals surface area contributed by atoms with Crippen LogP contribution in [0.1, 0.15) is 45.4 Å². The second-order valence-corrected chi connectivity index (χ2v) is 5.66. The lowest BCUT2D eigenvalue weighted by Crippen LogP contribution is -2.50. The molecule has 0 radical (unpaired) electrons. The third-order valence-electron chi connectivity index (χ3n) is 4.25. The van der Waals surface area contributed by atoms with Crippen LogP contribution < -0.4 is 10.6 Å². The molecule has 104 valence electrons. The summed E-state index contributed by atoms with van der Waals surface area (Å²) in [6.07, 6.45) is 7.26. The van der Waals surface area contributed by atoms with Gasteiger partial charge in [-0.05, 0) is 58.8 Å². The fraction of sp³-hybridized carbons (Fsp3) is 0.929. The number of carbonyl (C=O) groups is 1. The molecule has 1 unspecified atom stereocenters. The second kappa shape index (κ2) is 7.10. The van der Waals surface area contributed by atoms with Crippen molar-refractivity contribution in [1.29, 1.82) is 0 Å². The third-order valence-corrected chi connectivity index (χ3v) is 4.25. The average Bonchev–Trinajstić information content (AvgIpc) is 2.68. The lowest BCUT2D eigenvalue weighted by molar-refractivity contribution is -0.126. The van der Waals surface area contributed by atoms with Crippen LogP contribution in [0.4, 0.5) is 0 Å². The van der Waals surface area contributed by atoms with Crippen LogP contribution in [0, 0.1) is 0 Å². The summed E-state index contributed by atoms with van der Waals surface area (Å²) in [6.45, 7) is 6.29. The zero-order chi connectivity index (χ0) is 12.8. The molecule has 0 aromatic heterocycles. The maximum absolute atomic E-state index is 12.2. The van der Waals surface area contributed by atoms with Gasteiger partial charge in [0.25, 0.3) is 0 Å². The molecule has 2 N–H and O–H groups in total. The first-order valence-electron chi connectivity index (χ1n) is 7.52. The number of nitrogens with one attached hydrogen (secondary N) is 2. The van der Waals surface area contributed by atoms with Gasteiger partial charge in [0, 0.05) is 6.04 Å². The largest absolute Gasteiger partial charge is 0.352 e. The number of likely N-dealkylation sites (tertiary alicyclic amines) is 1. The van der Waals surface area contributed by atoms with Crippen molar-refractivity contribution in [1.82, 2.24) is 15.5 Å². The van der Waals surface area contributed by atoms with Crippen LogP contribution in [0.5, 0.6) is 0 Å². The van der Waals surface area contributed by atoms with E-state index < -0.39 is 0 Å². The van der Waals surface area contributed by atoms with Gasteiger partial charge in [-0.2, -0.15) is 0 Å². The molecule has 1 atom stereocenters. The highest BCUT2D eigenvalue weighted by atomic mass is 16.2. The molecule has 2 heterocycles. The molecule has 0 bridgehead atoms. The third kappa shape index (κ3) is 3.95. The number of piperidine rings is 1. The van der Waals surface area contributed by atoms with Gasteiger partial charge in [0.05, 0.1) is 6.04 Å². The monoisotopic (exact) mass is 253 g/mol. The van der Waals surface area contributed by atoms with Gasteiger partial charge in [-0.25, -0.2) is 0 Å². The molecule has 0 spiro atoms. The van der Waals surface area contributed by atoms with E-state index in [0.717, 1.165) is 39.0 Å². The normalized spacial score (nSPS) is 25.4. The molecule has 2 fully saturated rings. The molecule has 4 heteroatoms. The minimum atomic E-state index is 0.0398. The minimum absolute atomic E-state index is 0.0398. The van der Waals surface area contributed by atoms with Gasteiger partial charge in [-0.15, -0.1) is 0 Å². The van der Waals surface area contributed by atoms with Crippen LogP contribution in [0.25, 0.3) is 0 Å². The Morgan fingerprint density at radius 1 is 1.17 bits per heavy atom. The summed E-state index contributed by atoms with van der Waals surface area (Å²) < 4.78 is 0. The highest BCUT2D eigenvalue weighted by molar-refractivity contribution is 5.81. The second-order valence-electron chi connectivity index (χ2n) is 5.66. The van der Waals surface area contributed by atoms with Gasteiger partial charge >= 0.3 is 0 Å². The quantitative estimate of drug-likeness (QED) is 0.792. The van der Waals surface area contributed by atoms with Gasteiger partial charge in [0.15, 0.2) is 0 Å². The first kappa shape index (κ1) is 13.8. The van der Waals surface area contributed by atoms with Gasteiger partial charge in [0.1, 0.15) is 0 Å². The van der Waals surface area contributed by atoms with Crippen LogP contribution in [0.3, 0.4) is 0 Å². The van der Waals surface area contributed by atoms with Crippen LogP contribution in [0.15, 0.2) is 0 Å². The van der Waals surface area contributed by atoms with E-state index in [-0.39, 0.29) is 11.9 Å². The smallest absolute Gasteiger partial charge is 0.237 e. The Morgan fingerprint density at radius 2 is 1.78 bits per heavy atom. The molecule has 4 nitrogen and oxygen atoms in total. The number of amides is 1. The Hall–Kier alpha value is -0.610. The van der Waals surface area contributed by atoms with Crippen molar-refractivity contribution in [3.63, 3.8) is 0 Å². The number of carbonyl (C=O) groups excluding carboxylic acids is 1. The molecular formula is C14H27N3O. The van der Waals surface area contributed by atoms with Crippen LogP contribution in [-0.4, -0.2) is 49.1 Å². The first-order chi connectivity index (χ1) is 8.77. The lowest BCUT2D eigenvalue weighted by Gasteiger charge is -2.30. The maximum Gasteiger partial charge on any atom is 0.237 e. The summed E-state index contributed by atoms with van der Waals surface area (Å²) in [5, 5.41) is 6.54. The predicted octanol–water partition coefficient (Wildman–Crippen LogP) is 1.12. The molecule has 18 heavy (non-hydrogen) atoms. The summed E-state index contributed by atoms with van der Waals surface area (Å²) in [6, 6.07) is 0.422. The Labute approximate surface area is 110 Å². The molecule has 0 saturated carbocycles. The van der Waals surface area contributed by atoms with E-state index in [1.807, 2.05) is 0 Å². The molecule has 1 amide bonds. The van der Waals surface area contributed by atoms with Crippen LogP contribution >= 0.6 is 0 Å². The molecule has 2 rings (SSSR count). The molecule has 2 aliphatic heterocycles. The van der Waals surface area contributed by atoms with Gasteiger partial charge in [-0.1, -0.05) is 12.8 Å². The van der Waals surface area contributed by atoms with Gasteiger partial charge in [-0.3, -0.25) is 9.69 Å². The summed E-state index contributed by atoms with van der Waals surface area (Å²) in [5.41, 5.74) is 0. The molecule has 0 aromatic carbocycles. The predicted molar refractivity (Wildman–Crippen MR) is 73.5 cm³/mol. The van der Waals surface area contributed by atoms with Crippen molar-refractivity contribution >= 4 is 5.91 Å². The van der Waals surface area contributed by atoms with Crippen molar-refractivity contribution in [2.24, 2.45) is 0 Å². The molecular weight excluding hydrogens is 226 g/mol. The van der Waals surface area contributed by atoms with Crippen molar-refractivity contribution in [2.75, 3.05) is 26.2 Å². The highest BCUT2D eigenvalue weighted by Gasteiger charge is 2.24. The lowest BCUT2D eigenvalue weighted by atomic mass is 10.1. The van der Waals surface area contributed by atoms with Crippen LogP contribution in [-0.2, 0) is 4.79 Å². The van der Waals surface area contributed by atoms with E-state index in [2.05, 4.69) is 22.5 Å². The standard InChI is InChI=1S/C14H27N3O/c1-12(17-10-4-2-3-5-11-17)14(18)16-13-6-8-15-9-7-13/h12-13,15H,2-11H2,1H3,(H,16,18). The van der Waals surface area contributed by atoms with E-state index in [0.29, 0.717) is 6.04 Å². The summed E-state index contributed by atoms with van der Waals surface area (Å²) in [7, 11) is 0. The highest BCUT2D eigenvalue weighted by Crippen LogP contribution is 2.13. The average molecular weight is 253 g/mol. The molecule has 2 aliphatic rings.